The molecule has 0 unspecified atom stereocenters. The number of benzene rings is 2. The molecule has 0 aliphatic rings. The molecule has 0 amide bonds. The van der Waals surface area contributed by atoms with Gasteiger partial charge in [-0.1, -0.05) is 41.9 Å². The van der Waals surface area contributed by atoms with Crippen molar-refractivity contribution >= 4 is 28.7 Å². The van der Waals surface area contributed by atoms with Gasteiger partial charge in [-0.2, -0.15) is 5.10 Å². The van der Waals surface area contributed by atoms with E-state index in [-0.39, 0.29) is 0 Å². The van der Waals surface area contributed by atoms with E-state index >= 15 is 0 Å². The summed E-state index contributed by atoms with van der Waals surface area (Å²) in [6, 6.07) is 15.7. The molecule has 0 radical (unpaired) electrons. The third kappa shape index (κ3) is 3.45. The maximum Gasteiger partial charge on any atom is 0.141 e. The van der Waals surface area contributed by atoms with Gasteiger partial charge in [0.05, 0.1) is 17.8 Å². The predicted molar refractivity (Wildman–Crippen MR) is 102 cm³/mol. The molecule has 4 rings (SSSR count). The molecule has 0 aliphatic carbocycles. The first-order valence-corrected chi connectivity index (χ1v) is 8.53. The Bertz CT molecular complexity index is 1040. The molecule has 4 aromatic rings. The highest BCUT2D eigenvalue weighted by molar-refractivity contribution is 6.32. The molecule has 2 heterocycles. The lowest BCUT2D eigenvalue weighted by molar-refractivity contribution is 0.300. The topological polar surface area (TPSA) is 57.2 Å². The van der Waals surface area contributed by atoms with Crippen molar-refractivity contribution in [1.29, 1.82) is 0 Å². The molecule has 26 heavy (non-hydrogen) atoms. The lowest BCUT2D eigenvalue weighted by atomic mass is 10.2. The van der Waals surface area contributed by atoms with Crippen LogP contribution in [0.2, 0.25) is 5.02 Å². The zero-order valence-corrected chi connectivity index (χ0v) is 14.6. The Morgan fingerprint density at radius 1 is 1.04 bits per heavy atom. The zero-order chi connectivity index (χ0) is 17.8. The van der Waals surface area contributed by atoms with Crippen LogP contribution in [0.4, 0.5) is 0 Å². The molecule has 0 spiro atoms. The molecule has 0 fully saturated rings. The Morgan fingerprint density at radius 2 is 1.81 bits per heavy atom. The van der Waals surface area contributed by atoms with E-state index in [2.05, 4.69) is 38.2 Å². The molecule has 0 bridgehead atoms. The van der Waals surface area contributed by atoms with E-state index in [9.17, 15) is 0 Å². The van der Waals surface area contributed by atoms with Crippen LogP contribution >= 0.6 is 11.6 Å². The summed E-state index contributed by atoms with van der Waals surface area (Å²) in [6.45, 7) is 1.22. The predicted octanol–water partition coefficient (Wildman–Crippen LogP) is 3.85. The number of para-hydroxylation sites is 2. The summed E-state index contributed by atoms with van der Waals surface area (Å²) in [6.07, 6.45) is 6.96. The minimum atomic E-state index is 0.518. The summed E-state index contributed by atoms with van der Waals surface area (Å²) < 4.78 is 9.53. The Morgan fingerprint density at radius 3 is 2.65 bits per heavy atom. The quantitative estimate of drug-likeness (QED) is 0.488. The standard InChI is InChI=1S/C19H16ClN5O/c20-17-6-2-4-8-19(17)26-10-9-24-12-15(11-23-25-13-21-22-14-25)16-5-1-3-7-18(16)24/h1-8,11-14H,9-10H2/b23-11+. The summed E-state index contributed by atoms with van der Waals surface area (Å²) in [5.74, 6) is 0.694. The van der Waals surface area contributed by atoms with Gasteiger partial charge in [-0.25, -0.2) is 4.68 Å². The molecular weight excluding hydrogens is 350 g/mol. The van der Waals surface area contributed by atoms with Gasteiger partial charge >= 0.3 is 0 Å². The lowest BCUT2D eigenvalue weighted by Gasteiger charge is -2.09. The van der Waals surface area contributed by atoms with Gasteiger partial charge in [-0.05, 0) is 18.2 Å². The van der Waals surface area contributed by atoms with Crippen LogP contribution in [0.5, 0.6) is 5.75 Å². The Balaban J connectivity index is 1.54. The molecular formula is C19H16ClN5O. The summed E-state index contributed by atoms with van der Waals surface area (Å²) in [4.78, 5) is 0. The fourth-order valence-corrected chi connectivity index (χ4v) is 2.95. The van der Waals surface area contributed by atoms with E-state index < -0.39 is 0 Å². The van der Waals surface area contributed by atoms with E-state index in [1.165, 1.54) is 0 Å². The first-order chi connectivity index (χ1) is 12.8. The molecule has 0 saturated heterocycles. The van der Waals surface area contributed by atoms with Gasteiger partial charge in [0.2, 0.25) is 0 Å². The normalized spacial score (nSPS) is 11.4. The van der Waals surface area contributed by atoms with Crippen LogP contribution in [0.15, 0.2) is 72.5 Å². The zero-order valence-electron chi connectivity index (χ0n) is 13.9. The van der Waals surface area contributed by atoms with Crippen molar-refractivity contribution in [3.8, 4) is 5.75 Å². The maximum atomic E-state index is 6.13. The van der Waals surface area contributed by atoms with Gasteiger partial charge < -0.3 is 9.30 Å². The smallest absolute Gasteiger partial charge is 0.141 e. The Labute approximate surface area is 155 Å². The van der Waals surface area contributed by atoms with Gasteiger partial charge in [0.15, 0.2) is 0 Å². The largest absolute Gasteiger partial charge is 0.490 e. The van der Waals surface area contributed by atoms with Crippen molar-refractivity contribution in [3.05, 3.63) is 78.0 Å². The average Bonchev–Trinajstić information content (AvgIpc) is 3.30. The molecule has 2 aromatic carbocycles. The number of aromatic nitrogens is 4. The third-order valence-electron chi connectivity index (χ3n) is 3.98. The van der Waals surface area contributed by atoms with E-state index in [0.29, 0.717) is 23.9 Å². The van der Waals surface area contributed by atoms with Gasteiger partial charge in [0.25, 0.3) is 0 Å². The van der Waals surface area contributed by atoms with Crippen LogP contribution < -0.4 is 4.74 Å². The molecule has 0 saturated carbocycles. The second kappa shape index (κ2) is 7.41. The number of nitrogens with zero attached hydrogens (tertiary/aromatic N) is 5. The van der Waals surface area contributed by atoms with Crippen molar-refractivity contribution in [2.24, 2.45) is 5.10 Å². The minimum Gasteiger partial charge on any atom is -0.490 e. The number of fused-ring (bicyclic) bond motifs is 1. The number of halogens is 1. The van der Waals surface area contributed by atoms with Gasteiger partial charge in [0.1, 0.15) is 25.0 Å². The monoisotopic (exact) mass is 365 g/mol. The highest BCUT2D eigenvalue weighted by Crippen LogP contribution is 2.24. The average molecular weight is 366 g/mol. The van der Waals surface area contributed by atoms with Gasteiger partial charge in [0, 0.05) is 22.7 Å². The molecule has 0 aliphatic heterocycles. The van der Waals surface area contributed by atoms with Crippen LogP contribution in [0.25, 0.3) is 10.9 Å². The highest BCUT2D eigenvalue weighted by atomic mass is 35.5. The summed E-state index contributed by atoms with van der Waals surface area (Å²) in [5, 5.41) is 13.6. The van der Waals surface area contributed by atoms with E-state index in [0.717, 1.165) is 16.5 Å². The molecule has 7 heteroatoms. The fraction of sp³-hybridized carbons (Fsp3) is 0.105. The van der Waals surface area contributed by atoms with Crippen LogP contribution in [0.1, 0.15) is 5.56 Å². The first-order valence-electron chi connectivity index (χ1n) is 8.15. The minimum absolute atomic E-state index is 0.518. The summed E-state index contributed by atoms with van der Waals surface area (Å²) in [7, 11) is 0. The second-order valence-corrected chi connectivity index (χ2v) is 6.07. The Kier molecular flexibility index (Phi) is 4.66. The van der Waals surface area contributed by atoms with Crippen LogP contribution in [-0.4, -0.2) is 32.3 Å². The Hall–Kier alpha value is -3.12. The van der Waals surface area contributed by atoms with E-state index in [1.807, 2.05) is 36.4 Å². The third-order valence-corrected chi connectivity index (χ3v) is 4.29. The SMILES string of the molecule is Clc1ccccc1OCCn1cc(/C=N/n2cnnc2)c2ccccc21. The summed E-state index contributed by atoms with van der Waals surface area (Å²) in [5.41, 5.74) is 2.15. The molecule has 130 valence electrons. The second-order valence-electron chi connectivity index (χ2n) is 5.66. The number of ether oxygens (including phenoxy) is 1. The maximum absolute atomic E-state index is 6.13. The van der Waals surface area contributed by atoms with Crippen molar-refractivity contribution in [2.75, 3.05) is 6.61 Å². The van der Waals surface area contributed by atoms with Crippen LogP contribution in [0, 0.1) is 0 Å². The molecule has 0 atom stereocenters. The highest BCUT2D eigenvalue weighted by Gasteiger charge is 2.07. The van der Waals surface area contributed by atoms with Crippen molar-refractivity contribution < 1.29 is 4.74 Å². The van der Waals surface area contributed by atoms with E-state index in [4.69, 9.17) is 16.3 Å². The number of hydrogen-bond acceptors (Lipinski definition) is 4. The van der Waals surface area contributed by atoms with Crippen molar-refractivity contribution in [2.45, 2.75) is 6.54 Å². The number of rotatable bonds is 6. The lowest BCUT2D eigenvalue weighted by Crippen LogP contribution is -2.07. The fourth-order valence-electron chi connectivity index (χ4n) is 2.76. The molecule has 0 N–H and O–H groups in total. The van der Waals surface area contributed by atoms with Gasteiger partial charge in [-0.3, -0.25) is 0 Å². The van der Waals surface area contributed by atoms with E-state index in [1.54, 1.807) is 23.5 Å². The molecule has 2 aromatic heterocycles. The van der Waals surface area contributed by atoms with Crippen molar-refractivity contribution in [1.82, 2.24) is 19.4 Å². The summed E-state index contributed by atoms with van der Waals surface area (Å²) >= 11 is 6.13. The van der Waals surface area contributed by atoms with Crippen LogP contribution in [-0.2, 0) is 6.54 Å². The van der Waals surface area contributed by atoms with Crippen molar-refractivity contribution in [3.63, 3.8) is 0 Å². The van der Waals surface area contributed by atoms with Gasteiger partial charge in [-0.15, -0.1) is 10.2 Å². The van der Waals surface area contributed by atoms with Crippen LogP contribution in [0.3, 0.4) is 0 Å². The molecule has 6 nitrogen and oxygen atoms in total. The first kappa shape index (κ1) is 16.4. The number of hydrogen-bond donors (Lipinski definition) is 0.